The Morgan fingerprint density at radius 2 is 1.76 bits per heavy atom. The molecule has 0 radical (unpaired) electrons. The number of rotatable bonds is 6. The number of benzene rings is 2. The topological polar surface area (TPSA) is 72.9 Å². The van der Waals surface area contributed by atoms with Gasteiger partial charge < -0.3 is 14.4 Å². The third-order valence-electron chi connectivity index (χ3n) is 4.83. The minimum Gasteiger partial charge on any atom is -0.460 e. The summed E-state index contributed by atoms with van der Waals surface area (Å²) in [5.41, 5.74) is 2.50. The van der Waals surface area contributed by atoms with Gasteiger partial charge in [-0.05, 0) is 30.2 Å². The molecule has 3 rings (SSSR count). The summed E-state index contributed by atoms with van der Waals surface area (Å²) in [6, 6.07) is 16.9. The number of ether oxygens (including phenoxy) is 2. The van der Waals surface area contributed by atoms with Crippen LogP contribution in [0.25, 0.3) is 0 Å². The molecule has 1 heterocycles. The van der Waals surface area contributed by atoms with Crippen LogP contribution < -0.4 is 4.90 Å². The molecule has 0 saturated heterocycles. The third-order valence-corrected chi connectivity index (χ3v) is 4.83. The van der Waals surface area contributed by atoms with E-state index in [1.807, 2.05) is 54.6 Å². The Hall–Kier alpha value is -3.41. The lowest BCUT2D eigenvalue weighted by Gasteiger charge is -2.21. The summed E-state index contributed by atoms with van der Waals surface area (Å²) in [5.74, 6) is -2.76. The minimum absolute atomic E-state index is 0.0951. The lowest BCUT2D eigenvalue weighted by molar-refractivity contribution is -0.150. The molecule has 2 aromatic rings. The highest BCUT2D eigenvalue weighted by atomic mass is 16.6. The van der Waals surface area contributed by atoms with Gasteiger partial charge in [0.05, 0.1) is 12.5 Å². The van der Waals surface area contributed by atoms with Gasteiger partial charge in [0, 0.05) is 25.6 Å². The van der Waals surface area contributed by atoms with E-state index in [0.717, 1.165) is 16.8 Å². The first kappa shape index (κ1) is 20.3. The highest BCUT2D eigenvalue weighted by Gasteiger charge is 2.40. The van der Waals surface area contributed by atoms with E-state index in [1.54, 1.807) is 18.9 Å². The molecular weight excluding hydrogens is 370 g/mol. The molecule has 2 aromatic carbocycles. The van der Waals surface area contributed by atoms with Crippen molar-refractivity contribution in [2.24, 2.45) is 0 Å². The molecule has 29 heavy (non-hydrogen) atoms. The summed E-state index contributed by atoms with van der Waals surface area (Å²) in [6.07, 6.45) is 1.52. The molecule has 1 amide bonds. The summed E-state index contributed by atoms with van der Waals surface area (Å²) >= 11 is 0. The predicted octanol–water partition coefficient (Wildman–Crippen LogP) is 3.54. The van der Waals surface area contributed by atoms with Gasteiger partial charge in [0.1, 0.15) is 0 Å². The van der Waals surface area contributed by atoms with Crippen LogP contribution in [0.5, 0.6) is 0 Å². The summed E-state index contributed by atoms with van der Waals surface area (Å²) in [6.45, 7) is 3.03. The van der Waals surface area contributed by atoms with Crippen LogP contribution in [0, 0.1) is 0 Å². The first-order valence-corrected chi connectivity index (χ1v) is 9.42. The van der Waals surface area contributed by atoms with Crippen molar-refractivity contribution in [1.29, 1.82) is 0 Å². The van der Waals surface area contributed by atoms with E-state index in [4.69, 9.17) is 9.47 Å². The molecule has 2 atom stereocenters. The first-order valence-electron chi connectivity index (χ1n) is 9.42. The molecule has 0 unspecified atom stereocenters. The molecule has 0 aliphatic carbocycles. The lowest BCUT2D eigenvalue weighted by atomic mass is 9.81. The largest absolute Gasteiger partial charge is 0.460 e. The van der Waals surface area contributed by atoms with Gasteiger partial charge in [-0.3, -0.25) is 9.59 Å². The average molecular weight is 393 g/mol. The van der Waals surface area contributed by atoms with Gasteiger partial charge in [-0.1, -0.05) is 48.5 Å². The van der Waals surface area contributed by atoms with Crippen molar-refractivity contribution in [2.45, 2.75) is 25.7 Å². The van der Waals surface area contributed by atoms with E-state index in [9.17, 15) is 14.4 Å². The lowest BCUT2D eigenvalue weighted by Crippen LogP contribution is -2.27. The molecule has 0 fully saturated rings. The van der Waals surface area contributed by atoms with Gasteiger partial charge in [0.2, 0.25) is 11.7 Å². The van der Waals surface area contributed by atoms with Crippen molar-refractivity contribution in [1.82, 2.24) is 0 Å². The maximum atomic E-state index is 13.1. The van der Waals surface area contributed by atoms with Gasteiger partial charge in [-0.15, -0.1) is 0 Å². The number of carbonyl (C=O) groups excluding carboxylic acids is 3. The zero-order valence-electron chi connectivity index (χ0n) is 16.6. The van der Waals surface area contributed by atoms with Crippen LogP contribution >= 0.6 is 0 Å². The summed E-state index contributed by atoms with van der Waals surface area (Å²) in [7, 11) is 1.73. The van der Waals surface area contributed by atoms with E-state index in [2.05, 4.69) is 0 Å². The molecular formula is C23H23NO5. The third kappa shape index (κ3) is 4.21. The fourth-order valence-corrected chi connectivity index (χ4v) is 3.59. The standard InChI is InChI=1S/C23H23NO5/c1-4-28-23(27)20(29-15(2)25)14-18(16-10-6-5-7-11-16)21-17-12-8-9-13-19(17)24(3)22(21)26/h5-14,18,21H,4H2,1-3H3/b20-14-/t18-,21+/m0/s1. The van der Waals surface area contributed by atoms with E-state index in [-0.39, 0.29) is 18.3 Å². The molecule has 0 spiro atoms. The second-order valence-electron chi connectivity index (χ2n) is 6.72. The van der Waals surface area contributed by atoms with Crippen molar-refractivity contribution in [3.63, 3.8) is 0 Å². The van der Waals surface area contributed by atoms with E-state index < -0.39 is 23.8 Å². The minimum atomic E-state index is -0.740. The van der Waals surface area contributed by atoms with Crippen LogP contribution in [-0.4, -0.2) is 31.5 Å². The van der Waals surface area contributed by atoms with Crippen LogP contribution in [0.4, 0.5) is 5.69 Å². The number of fused-ring (bicyclic) bond motifs is 1. The quantitative estimate of drug-likeness (QED) is 0.426. The van der Waals surface area contributed by atoms with Gasteiger partial charge in [-0.2, -0.15) is 0 Å². The number of esters is 2. The van der Waals surface area contributed by atoms with E-state index >= 15 is 0 Å². The number of amides is 1. The van der Waals surface area contributed by atoms with Gasteiger partial charge in [0.25, 0.3) is 0 Å². The van der Waals surface area contributed by atoms with Crippen molar-refractivity contribution in [2.75, 3.05) is 18.6 Å². The Bertz CT molecular complexity index is 951. The monoisotopic (exact) mass is 393 g/mol. The second kappa shape index (κ2) is 8.73. The number of carbonyl (C=O) groups is 3. The second-order valence-corrected chi connectivity index (χ2v) is 6.72. The number of nitrogens with zero attached hydrogens (tertiary/aromatic N) is 1. The number of likely N-dealkylation sites (N-methyl/N-ethyl adjacent to an activating group) is 1. The molecule has 150 valence electrons. The van der Waals surface area contributed by atoms with Crippen LogP contribution in [0.1, 0.15) is 36.8 Å². The highest BCUT2D eigenvalue weighted by Crippen LogP contribution is 2.45. The van der Waals surface area contributed by atoms with E-state index in [0.29, 0.717) is 0 Å². The van der Waals surface area contributed by atoms with Crippen molar-refractivity contribution in [3.8, 4) is 0 Å². The summed E-state index contributed by atoms with van der Waals surface area (Å²) < 4.78 is 10.2. The SMILES string of the molecule is CCOC(=O)/C(=C/[C@@H](c1ccccc1)[C@@H]1C(=O)N(C)c2ccccc21)OC(C)=O. The van der Waals surface area contributed by atoms with Crippen LogP contribution in [0.2, 0.25) is 0 Å². The molecule has 0 N–H and O–H groups in total. The van der Waals surface area contributed by atoms with Crippen LogP contribution in [0.15, 0.2) is 66.4 Å². The number of para-hydroxylation sites is 1. The first-order chi connectivity index (χ1) is 13.9. The molecule has 6 heteroatoms. The average Bonchev–Trinajstić information content (AvgIpc) is 2.96. The summed E-state index contributed by atoms with van der Waals surface area (Å²) in [4.78, 5) is 38.7. The fourth-order valence-electron chi connectivity index (χ4n) is 3.59. The Morgan fingerprint density at radius 3 is 2.41 bits per heavy atom. The van der Waals surface area contributed by atoms with Crippen molar-refractivity contribution < 1.29 is 23.9 Å². The number of anilines is 1. The van der Waals surface area contributed by atoms with Gasteiger partial charge in [0.15, 0.2) is 0 Å². The maximum absolute atomic E-state index is 13.1. The zero-order chi connectivity index (χ0) is 21.0. The molecule has 1 aliphatic heterocycles. The van der Waals surface area contributed by atoms with Crippen molar-refractivity contribution >= 4 is 23.5 Å². The van der Waals surface area contributed by atoms with Crippen molar-refractivity contribution in [3.05, 3.63) is 77.6 Å². The Morgan fingerprint density at radius 1 is 1.10 bits per heavy atom. The molecule has 1 aliphatic rings. The van der Waals surface area contributed by atoms with Crippen LogP contribution in [0.3, 0.4) is 0 Å². The summed E-state index contributed by atoms with van der Waals surface area (Å²) in [5, 5.41) is 0. The van der Waals surface area contributed by atoms with E-state index in [1.165, 1.54) is 13.0 Å². The molecule has 0 aromatic heterocycles. The molecule has 6 nitrogen and oxygen atoms in total. The predicted molar refractivity (Wildman–Crippen MR) is 108 cm³/mol. The van der Waals surface area contributed by atoms with Gasteiger partial charge in [-0.25, -0.2) is 4.79 Å². The smallest absolute Gasteiger partial charge is 0.374 e. The fraction of sp³-hybridized carbons (Fsp3) is 0.261. The number of allylic oxidation sites excluding steroid dienone is 1. The Labute approximate surface area is 169 Å². The normalized spacial score (nSPS) is 16.9. The molecule has 0 bridgehead atoms. The Balaban J connectivity index is 2.14. The molecule has 0 saturated carbocycles. The van der Waals surface area contributed by atoms with Crippen LogP contribution in [-0.2, 0) is 23.9 Å². The highest BCUT2D eigenvalue weighted by molar-refractivity contribution is 6.05. The Kier molecular flexibility index (Phi) is 6.12. The maximum Gasteiger partial charge on any atom is 0.374 e. The zero-order valence-corrected chi connectivity index (χ0v) is 16.6. The van der Waals surface area contributed by atoms with Gasteiger partial charge >= 0.3 is 11.9 Å². The number of hydrogen-bond acceptors (Lipinski definition) is 5. The number of hydrogen-bond donors (Lipinski definition) is 0.